The van der Waals surface area contributed by atoms with Crippen LogP contribution in [0.3, 0.4) is 0 Å². The number of anilines is 9. The highest BCUT2D eigenvalue weighted by molar-refractivity contribution is 7.82. The van der Waals surface area contributed by atoms with Crippen LogP contribution in [0.15, 0.2) is 197 Å². The van der Waals surface area contributed by atoms with Crippen molar-refractivity contribution in [2.24, 2.45) is 15.0 Å². The number of amidine groups is 3. The predicted molar refractivity (Wildman–Crippen MR) is 483 cm³/mol. The van der Waals surface area contributed by atoms with Crippen molar-refractivity contribution in [2.45, 2.75) is 117 Å². The molecule has 0 bridgehead atoms. The standard InChI is InChI=1S/C30H23F3N6S2.C29H22F4N6S2.C29H23F3N6S2/c1-18-5-9-22(10-6-18)39-28(41)38(23-11-12-25(35-3)19(2)15-23)26(29(39)13-4-14-29)37-27(40)36-21-8-7-20(17-34)24(16-21)30(31,32)33;1-17-5-9-21(10-6-17)39-27(41)38(22-11-12-24(35-4)18(2)13-22)25(28(39,3)16-30)37-26(40)36-20-8-7-19(15-34)23(14-20)29(31,32)33;1-17-6-10-21(11-7-17)38-27(40)37(22-12-13-24(34-5)18(2)14-22)25(28(38,3)4)36-26(39)35-20-9-8-19(16-33)23(15-20)29(30,31)32/h5-12,15-16H,4,13-14H2,1-2H3,(H,36,40);5-14H,16H2,1-3H3,(H,36,40);6-15H,1-4H3,(H,35,39). The molecule has 34 heteroatoms. The van der Waals surface area contributed by atoms with E-state index in [4.69, 9.17) is 114 Å². The number of aryl methyl sites for hydroxylation is 6. The van der Waals surface area contributed by atoms with Crippen LogP contribution < -0.4 is 45.3 Å². The van der Waals surface area contributed by atoms with Gasteiger partial charge in [-0.15, -0.1) is 0 Å². The first-order valence-electron chi connectivity index (χ1n) is 36.8. The number of nitriles is 3. The van der Waals surface area contributed by atoms with Crippen LogP contribution in [0.2, 0.25) is 0 Å². The van der Waals surface area contributed by atoms with Crippen molar-refractivity contribution < 1.29 is 43.9 Å². The Kier molecular flexibility index (Phi) is 26.3. The van der Waals surface area contributed by atoms with Crippen molar-refractivity contribution in [2.75, 3.05) is 52.0 Å². The molecule has 0 radical (unpaired) electrons. The summed E-state index contributed by atoms with van der Waals surface area (Å²) in [5.74, 6) is 1.10. The monoisotopic (exact) mass is 1760 g/mol. The average Bonchev–Trinajstić information content (AvgIpc) is 1.53. The number of nitrogens with zero attached hydrogens (tertiary/aromatic N) is 15. The lowest BCUT2D eigenvalue weighted by Crippen LogP contribution is -2.55. The molecule has 1 saturated carbocycles. The zero-order valence-electron chi connectivity index (χ0n) is 66.1. The second-order valence-corrected chi connectivity index (χ2v) is 31.4. The highest BCUT2D eigenvalue weighted by Crippen LogP contribution is 2.50. The Labute approximate surface area is 729 Å². The van der Waals surface area contributed by atoms with Gasteiger partial charge in [0.2, 0.25) is 0 Å². The number of halogens is 10. The summed E-state index contributed by atoms with van der Waals surface area (Å²) < 4.78 is 137. The molecular formula is C88H68F10N18S6. The van der Waals surface area contributed by atoms with Gasteiger partial charge in [0.25, 0.3) is 0 Å². The molecule has 1 unspecified atom stereocenters. The van der Waals surface area contributed by atoms with Crippen LogP contribution in [-0.4, -0.2) is 71.5 Å². The third kappa shape index (κ3) is 18.3. The zero-order chi connectivity index (χ0) is 89.0. The number of benzene rings is 9. The normalized spacial score (nSPS) is 16.8. The van der Waals surface area contributed by atoms with Crippen molar-refractivity contribution in [3.63, 3.8) is 0 Å². The van der Waals surface area contributed by atoms with Crippen molar-refractivity contribution in [3.05, 3.63) is 283 Å². The molecule has 616 valence electrons. The molecule has 0 amide bonds. The molecule has 9 aromatic rings. The largest absolute Gasteiger partial charge is 0.417 e. The Morgan fingerprint density at radius 3 is 1.00 bits per heavy atom. The first-order chi connectivity index (χ1) is 57.6. The molecule has 1 atom stereocenters. The number of nitrogens with one attached hydrogen (secondary N) is 3. The van der Waals surface area contributed by atoms with E-state index < -0.39 is 75.2 Å². The first-order valence-corrected chi connectivity index (χ1v) is 39.2. The van der Waals surface area contributed by atoms with E-state index in [1.54, 1.807) is 95.3 Å². The molecule has 18 nitrogen and oxygen atoms in total. The topological polar surface area (TPSA) is 177 Å². The van der Waals surface area contributed by atoms with Gasteiger partial charge in [-0.1, -0.05) is 71.3 Å². The molecule has 122 heavy (non-hydrogen) atoms. The van der Waals surface area contributed by atoms with E-state index in [9.17, 15) is 39.5 Å². The Hall–Kier alpha value is -13.0. The van der Waals surface area contributed by atoms with E-state index >= 15 is 4.39 Å². The Balaban J connectivity index is 0.000000179. The molecule has 4 fully saturated rings. The van der Waals surface area contributed by atoms with Gasteiger partial charge in [-0.05, 0) is 299 Å². The SMILES string of the molecule is [C-]#[N+]c1ccc(N2C(=S)N(c3ccc(C)cc3)C(C)(C)C2=NC(=S)Nc2ccc(C#N)c(C(F)(F)F)c2)cc1C.[C-]#[N+]c1ccc(N2C(=S)N(c3ccc(C)cc3)C(C)(CF)C2=NC(=S)Nc2ccc(C#N)c(C(F)(F)F)c2)cc1C.[C-]#[N+]c1ccc(N2C(=S)N(c3ccc(C)cc3)C3(CCC3)C2=NC(=S)Nc2ccc(C#N)c(C(F)(F)F)c2)cc1C. The molecule has 1 spiro atoms. The van der Waals surface area contributed by atoms with E-state index in [1.807, 2.05) is 131 Å². The van der Waals surface area contributed by atoms with Crippen molar-refractivity contribution in [1.29, 1.82) is 15.8 Å². The molecule has 3 aliphatic heterocycles. The third-order valence-corrected chi connectivity index (χ3v) is 22.1. The van der Waals surface area contributed by atoms with Gasteiger partial charge >= 0.3 is 18.5 Å². The van der Waals surface area contributed by atoms with Crippen LogP contribution in [0.25, 0.3) is 14.5 Å². The number of aliphatic imine (C=N–C) groups is 3. The van der Waals surface area contributed by atoms with Crippen LogP contribution >= 0.6 is 73.3 Å². The summed E-state index contributed by atoms with van der Waals surface area (Å²) in [7, 11) is 0. The van der Waals surface area contributed by atoms with Crippen molar-refractivity contribution >= 4 is 190 Å². The third-order valence-electron chi connectivity index (χ3n) is 20.4. The lowest BCUT2D eigenvalue weighted by Gasteiger charge is -2.44. The van der Waals surface area contributed by atoms with Crippen LogP contribution in [0, 0.1) is 95.3 Å². The van der Waals surface area contributed by atoms with E-state index in [-0.39, 0.29) is 43.3 Å². The number of rotatable bonds is 10. The lowest BCUT2D eigenvalue weighted by molar-refractivity contribution is -0.138. The van der Waals surface area contributed by atoms with Crippen LogP contribution in [-0.2, 0) is 18.5 Å². The molecule has 13 rings (SSSR count). The molecule has 3 N–H and O–H groups in total. The van der Waals surface area contributed by atoms with E-state index in [2.05, 4.69) is 45.4 Å². The predicted octanol–water partition coefficient (Wildman–Crippen LogP) is 23.9. The molecule has 3 saturated heterocycles. The van der Waals surface area contributed by atoms with E-state index in [0.29, 0.717) is 67.3 Å². The van der Waals surface area contributed by atoms with Crippen LogP contribution in [0.5, 0.6) is 0 Å². The van der Waals surface area contributed by atoms with Gasteiger partial charge in [-0.2, -0.15) is 55.3 Å². The molecule has 9 aromatic carbocycles. The Morgan fingerprint density at radius 1 is 0.410 bits per heavy atom. The fraction of sp³-hybridized carbons (Fsp3) is 0.216. The summed E-state index contributed by atoms with van der Waals surface area (Å²) in [6.07, 6.45) is -11.8. The summed E-state index contributed by atoms with van der Waals surface area (Å²) in [5, 5.41) is 36.2. The average molecular weight is 1760 g/mol. The quantitative estimate of drug-likeness (QED) is 0.0669. The van der Waals surface area contributed by atoms with Gasteiger partial charge in [0.05, 0.1) is 71.3 Å². The second kappa shape index (κ2) is 35.7. The summed E-state index contributed by atoms with van der Waals surface area (Å²) in [6.45, 7) is 38.0. The number of thiocarbonyl (C=S) groups is 6. The maximum atomic E-state index is 15.1. The maximum absolute atomic E-state index is 15.1. The Bertz CT molecular complexity index is 5900. The first kappa shape index (κ1) is 89.8. The second-order valence-electron chi connectivity index (χ2n) is 29.2. The van der Waals surface area contributed by atoms with Crippen molar-refractivity contribution in [1.82, 2.24) is 0 Å². The highest BCUT2D eigenvalue weighted by atomic mass is 32.1. The lowest BCUT2D eigenvalue weighted by atomic mass is 9.74. The van der Waals surface area contributed by atoms with Gasteiger partial charge in [-0.25, -0.2) is 33.9 Å². The van der Waals surface area contributed by atoms with Gasteiger partial charge in [-0.3, -0.25) is 14.7 Å². The highest BCUT2D eigenvalue weighted by Gasteiger charge is 2.59. The minimum Gasteiger partial charge on any atom is -0.331 e. The Morgan fingerprint density at radius 2 is 0.697 bits per heavy atom. The van der Waals surface area contributed by atoms with Crippen molar-refractivity contribution in [3.8, 4) is 18.2 Å². The summed E-state index contributed by atoms with van der Waals surface area (Å²) in [4.78, 5) is 35.3. The smallest absolute Gasteiger partial charge is 0.331 e. The summed E-state index contributed by atoms with van der Waals surface area (Å²) >= 11 is 34.3. The molecule has 3 heterocycles. The number of hydrogen-bond acceptors (Lipinski definition) is 9. The molecule has 4 aliphatic rings. The van der Waals surface area contributed by atoms with Gasteiger partial charge < -0.3 is 30.7 Å². The number of hydrogen-bond donors (Lipinski definition) is 3. The van der Waals surface area contributed by atoms with E-state index in [0.717, 1.165) is 94.9 Å². The van der Waals surface area contributed by atoms with E-state index in [1.165, 1.54) is 24.3 Å². The number of alkyl halides is 10. The van der Waals surface area contributed by atoms with Gasteiger partial charge in [0.15, 0.2) is 47.7 Å². The summed E-state index contributed by atoms with van der Waals surface area (Å²) in [6, 6.07) is 53.2. The van der Waals surface area contributed by atoms with Crippen LogP contribution in [0.4, 0.5) is 112 Å². The van der Waals surface area contributed by atoms with Gasteiger partial charge in [0.1, 0.15) is 40.8 Å². The fourth-order valence-corrected chi connectivity index (χ4v) is 16.2. The maximum Gasteiger partial charge on any atom is 0.417 e. The zero-order valence-corrected chi connectivity index (χ0v) is 71.0. The van der Waals surface area contributed by atoms with Crippen LogP contribution in [0.1, 0.15) is 107 Å². The van der Waals surface area contributed by atoms with Gasteiger partial charge in [0, 0.05) is 51.2 Å². The molecule has 1 aliphatic carbocycles. The minimum atomic E-state index is -4.76. The summed E-state index contributed by atoms with van der Waals surface area (Å²) in [5.41, 5.74) is 3.41. The molecule has 0 aromatic heterocycles. The molecular weight excluding hydrogens is 1690 g/mol. The minimum absolute atomic E-state index is 0.0400. The fourth-order valence-electron chi connectivity index (χ4n) is 14.1.